The second-order valence-electron chi connectivity index (χ2n) is 10.1. The van der Waals surface area contributed by atoms with Gasteiger partial charge in [-0.1, -0.05) is 36.4 Å². The molecule has 2 aromatic heterocycles. The summed E-state index contributed by atoms with van der Waals surface area (Å²) in [5, 5.41) is 16.4. The molecule has 0 bridgehead atoms. The van der Waals surface area contributed by atoms with Crippen molar-refractivity contribution in [3.63, 3.8) is 0 Å². The number of nitrogens with one attached hydrogen (secondary N) is 2. The zero-order valence-corrected chi connectivity index (χ0v) is 23.1. The highest BCUT2D eigenvalue weighted by molar-refractivity contribution is 5.81. The van der Waals surface area contributed by atoms with Crippen LogP contribution in [0.25, 0.3) is 11.1 Å². The molecule has 40 heavy (non-hydrogen) atoms. The van der Waals surface area contributed by atoms with E-state index < -0.39 is 18.2 Å². The number of carbonyl (C=O) groups is 1. The molecule has 1 aromatic carbocycles. The monoisotopic (exact) mass is 550 g/mol. The topological polar surface area (TPSA) is 113 Å². The van der Waals surface area contributed by atoms with Gasteiger partial charge in [0.25, 0.3) is 0 Å². The summed E-state index contributed by atoms with van der Waals surface area (Å²) in [4.78, 5) is 27.4. The number of aryl methyl sites for hydroxylation is 2. The number of aromatic nitrogens is 3. The molecule has 10 heteroatoms. The minimum Gasteiger partial charge on any atom is -0.480 e. The minimum absolute atomic E-state index is 0.00449. The number of benzene rings is 1. The van der Waals surface area contributed by atoms with E-state index in [-0.39, 0.29) is 19.6 Å². The predicted octanol–water partition coefficient (Wildman–Crippen LogP) is 4.46. The molecule has 2 atom stereocenters. The van der Waals surface area contributed by atoms with Crippen LogP contribution in [0.15, 0.2) is 55.0 Å². The Morgan fingerprint density at radius 1 is 1.20 bits per heavy atom. The number of carboxylic acids is 1. The van der Waals surface area contributed by atoms with E-state index in [1.807, 2.05) is 35.2 Å². The highest BCUT2D eigenvalue weighted by Gasteiger charge is 2.22. The van der Waals surface area contributed by atoms with Gasteiger partial charge < -0.3 is 25.4 Å². The fourth-order valence-electron chi connectivity index (χ4n) is 4.97. The largest absolute Gasteiger partial charge is 0.480 e. The highest BCUT2D eigenvalue weighted by atomic mass is 19.1. The van der Waals surface area contributed by atoms with Crippen LogP contribution in [0, 0.1) is 0 Å². The summed E-state index contributed by atoms with van der Waals surface area (Å²) in [6.07, 6.45) is 6.99. The molecule has 1 aliphatic rings. The summed E-state index contributed by atoms with van der Waals surface area (Å²) in [7, 11) is 1.48. The third kappa shape index (κ3) is 8.69. The Morgan fingerprint density at radius 2 is 2.05 bits per heavy atom. The van der Waals surface area contributed by atoms with Gasteiger partial charge in [0.15, 0.2) is 0 Å². The Labute approximate surface area is 235 Å². The van der Waals surface area contributed by atoms with Crippen molar-refractivity contribution in [3.05, 3.63) is 66.2 Å². The SMILES string of the molecule is COCC(F)CN(CCCCc1ccc2c(n1)NCCC2)CCC(Nc1ncncc1-c1ccccc1)C(=O)O. The van der Waals surface area contributed by atoms with Crippen molar-refractivity contribution in [2.24, 2.45) is 0 Å². The van der Waals surface area contributed by atoms with Crippen LogP contribution in [0.3, 0.4) is 0 Å². The summed E-state index contributed by atoms with van der Waals surface area (Å²) < 4.78 is 19.5. The van der Waals surface area contributed by atoms with E-state index in [2.05, 4.69) is 32.7 Å². The maximum Gasteiger partial charge on any atom is 0.326 e. The Hall–Kier alpha value is -3.63. The molecular weight excluding hydrogens is 511 g/mol. The number of unbranched alkanes of at least 4 members (excludes halogenated alkanes) is 1. The van der Waals surface area contributed by atoms with Gasteiger partial charge in [-0.3, -0.25) is 0 Å². The Balaban J connectivity index is 1.34. The minimum atomic E-state index is -1.15. The molecule has 3 heterocycles. The van der Waals surface area contributed by atoms with Crippen LogP contribution in [0.1, 0.15) is 36.9 Å². The van der Waals surface area contributed by atoms with Gasteiger partial charge in [-0.25, -0.2) is 24.1 Å². The van der Waals surface area contributed by atoms with E-state index in [4.69, 9.17) is 9.72 Å². The zero-order valence-electron chi connectivity index (χ0n) is 23.1. The molecule has 214 valence electrons. The number of anilines is 2. The van der Waals surface area contributed by atoms with Crippen LogP contribution in [-0.2, 0) is 22.4 Å². The molecule has 0 amide bonds. The Morgan fingerprint density at radius 3 is 2.85 bits per heavy atom. The van der Waals surface area contributed by atoms with E-state index in [0.29, 0.717) is 18.9 Å². The van der Waals surface area contributed by atoms with Crippen molar-refractivity contribution in [1.29, 1.82) is 0 Å². The van der Waals surface area contributed by atoms with E-state index in [0.717, 1.165) is 61.3 Å². The molecule has 0 fully saturated rings. The van der Waals surface area contributed by atoms with Gasteiger partial charge >= 0.3 is 5.97 Å². The fraction of sp³-hybridized carbons (Fsp3) is 0.467. The number of pyridine rings is 1. The van der Waals surface area contributed by atoms with Gasteiger partial charge in [-0.2, -0.15) is 0 Å². The first kappa shape index (κ1) is 29.4. The van der Waals surface area contributed by atoms with Crippen LogP contribution < -0.4 is 10.6 Å². The van der Waals surface area contributed by atoms with Crippen molar-refractivity contribution in [1.82, 2.24) is 19.9 Å². The van der Waals surface area contributed by atoms with E-state index in [9.17, 15) is 14.3 Å². The van der Waals surface area contributed by atoms with Gasteiger partial charge in [-0.15, -0.1) is 0 Å². The number of aliphatic carboxylic acids is 1. The van der Waals surface area contributed by atoms with E-state index in [1.165, 1.54) is 19.0 Å². The molecule has 9 nitrogen and oxygen atoms in total. The van der Waals surface area contributed by atoms with Crippen molar-refractivity contribution < 1.29 is 19.0 Å². The molecule has 0 radical (unpaired) electrons. The standard InChI is InChI=1S/C30H39FN6O3/c1-40-20-24(31)19-37(16-6-5-11-25-13-12-23-10-7-15-33-28(23)35-25)17-14-27(30(38)39)36-29-26(18-32-21-34-29)22-8-3-2-4-9-22/h2-4,8-9,12-13,18,21,24,27H,5-7,10-11,14-17,19-20H2,1H3,(H,33,35)(H,38,39)(H,32,34,36). The lowest BCUT2D eigenvalue weighted by Gasteiger charge is -2.26. The summed E-state index contributed by atoms with van der Waals surface area (Å²) in [5.74, 6) is 0.463. The van der Waals surface area contributed by atoms with Crippen LogP contribution >= 0.6 is 0 Å². The number of hydrogen-bond acceptors (Lipinski definition) is 8. The summed E-state index contributed by atoms with van der Waals surface area (Å²) in [6, 6.07) is 12.9. The number of alkyl halides is 1. The van der Waals surface area contributed by atoms with Crippen LogP contribution in [0.4, 0.5) is 16.0 Å². The molecule has 0 saturated carbocycles. The molecule has 2 unspecified atom stereocenters. The number of carboxylic acid groups (broad SMARTS) is 1. The molecule has 4 rings (SSSR count). The van der Waals surface area contributed by atoms with Crippen molar-refractivity contribution in [2.45, 2.75) is 50.7 Å². The number of halogens is 1. The quantitative estimate of drug-likeness (QED) is 0.223. The van der Waals surface area contributed by atoms with Crippen LogP contribution in [0.2, 0.25) is 0 Å². The molecule has 0 spiro atoms. The lowest BCUT2D eigenvalue weighted by atomic mass is 10.1. The fourth-order valence-corrected chi connectivity index (χ4v) is 4.97. The number of fused-ring (bicyclic) bond motifs is 1. The van der Waals surface area contributed by atoms with Crippen LogP contribution in [-0.4, -0.2) is 83.0 Å². The van der Waals surface area contributed by atoms with E-state index >= 15 is 0 Å². The third-order valence-electron chi connectivity index (χ3n) is 7.05. The third-order valence-corrected chi connectivity index (χ3v) is 7.05. The van der Waals surface area contributed by atoms with Crippen molar-refractivity contribution in [3.8, 4) is 11.1 Å². The van der Waals surface area contributed by atoms with Crippen molar-refractivity contribution >= 4 is 17.6 Å². The van der Waals surface area contributed by atoms with Gasteiger partial charge in [0, 0.05) is 44.2 Å². The molecule has 3 aromatic rings. The van der Waals surface area contributed by atoms with Crippen LogP contribution in [0.5, 0.6) is 0 Å². The maximum atomic E-state index is 14.5. The average Bonchev–Trinajstić information content (AvgIpc) is 2.97. The normalized spacial score (nSPS) is 14.3. The molecule has 0 saturated heterocycles. The van der Waals surface area contributed by atoms with Gasteiger partial charge in [0.2, 0.25) is 0 Å². The summed E-state index contributed by atoms with van der Waals surface area (Å²) in [5.41, 5.74) is 3.94. The summed E-state index contributed by atoms with van der Waals surface area (Å²) in [6.45, 7) is 2.22. The first-order valence-electron chi connectivity index (χ1n) is 14.0. The Bertz CT molecular complexity index is 1220. The van der Waals surface area contributed by atoms with Gasteiger partial charge in [-0.05, 0) is 62.3 Å². The summed E-state index contributed by atoms with van der Waals surface area (Å²) >= 11 is 0. The first-order valence-corrected chi connectivity index (χ1v) is 14.0. The molecule has 1 aliphatic heterocycles. The lowest BCUT2D eigenvalue weighted by molar-refractivity contribution is -0.138. The average molecular weight is 551 g/mol. The maximum absolute atomic E-state index is 14.5. The number of ether oxygens (including phenoxy) is 1. The predicted molar refractivity (Wildman–Crippen MR) is 154 cm³/mol. The second kappa shape index (κ2) is 15.2. The van der Waals surface area contributed by atoms with Gasteiger partial charge in [0.1, 0.15) is 30.2 Å². The second-order valence-corrected chi connectivity index (χ2v) is 10.1. The number of hydrogen-bond donors (Lipinski definition) is 3. The number of nitrogens with zero attached hydrogens (tertiary/aromatic N) is 4. The number of rotatable bonds is 16. The smallest absolute Gasteiger partial charge is 0.326 e. The zero-order chi connectivity index (χ0) is 28.2. The first-order chi connectivity index (χ1) is 19.5. The molecular formula is C30H39FN6O3. The van der Waals surface area contributed by atoms with E-state index in [1.54, 1.807) is 6.20 Å². The molecule has 0 aliphatic carbocycles. The van der Waals surface area contributed by atoms with Crippen molar-refractivity contribution in [2.75, 3.05) is 50.5 Å². The Kier molecular flexibility index (Phi) is 11.2. The number of methoxy groups -OCH3 is 1. The van der Waals surface area contributed by atoms with Gasteiger partial charge in [0.05, 0.1) is 6.61 Å². The molecule has 3 N–H and O–H groups in total. The highest BCUT2D eigenvalue weighted by Crippen LogP contribution is 2.26. The lowest BCUT2D eigenvalue weighted by Crippen LogP contribution is -2.39.